The van der Waals surface area contributed by atoms with Crippen molar-refractivity contribution in [2.75, 3.05) is 26.3 Å². The summed E-state index contributed by atoms with van der Waals surface area (Å²) in [6.07, 6.45) is -0.624. The van der Waals surface area contributed by atoms with Gasteiger partial charge in [-0.3, -0.25) is 9.80 Å². The molecule has 0 saturated carbocycles. The SMILES string of the molecule is NC1C(=O)N(CCO)N(CCO)C1N. The molecule has 1 heterocycles. The molecule has 1 saturated heterocycles. The first kappa shape index (κ1) is 11.3. The topological polar surface area (TPSA) is 116 Å². The molecule has 0 radical (unpaired) electrons. The van der Waals surface area contributed by atoms with Crippen molar-refractivity contribution in [3.05, 3.63) is 0 Å². The highest BCUT2D eigenvalue weighted by atomic mass is 16.3. The fourth-order valence-electron chi connectivity index (χ4n) is 1.50. The number of hydrogen-bond acceptors (Lipinski definition) is 6. The summed E-state index contributed by atoms with van der Waals surface area (Å²) in [7, 11) is 0. The maximum atomic E-state index is 11.5. The van der Waals surface area contributed by atoms with E-state index in [9.17, 15) is 4.79 Å². The second kappa shape index (κ2) is 4.67. The number of hydrogen-bond donors (Lipinski definition) is 4. The number of β-amino-alcohol motifs (C(OH)–C–C–N with tert-alkyl or cyclic N) is 2. The molecular weight excluding hydrogens is 188 g/mol. The Morgan fingerprint density at radius 3 is 2.29 bits per heavy atom. The van der Waals surface area contributed by atoms with Gasteiger partial charge in [-0.15, -0.1) is 0 Å². The Morgan fingerprint density at radius 1 is 1.21 bits per heavy atom. The molecule has 7 heteroatoms. The highest BCUT2D eigenvalue weighted by Gasteiger charge is 2.41. The lowest BCUT2D eigenvalue weighted by Crippen LogP contribution is -2.50. The van der Waals surface area contributed by atoms with Crippen molar-refractivity contribution in [2.24, 2.45) is 11.5 Å². The van der Waals surface area contributed by atoms with Crippen LogP contribution in [0.4, 0.5) is 0 Å². The molecule has 0 aromatic rings. The Bertz CT molecular complexity index is 213. The molecule has 7 nitrogen and oxygen atoms in total. The summed E-state index contributed by atoms with van der Waals surface area (Å²) in [6, 6.07) is -0.784. The lowest BCUT2D eigenvalue weighted by molar-refractivity contribution is -0.140. The van der Waals surface area contributed by atoms with E-state index in [-0.39, 0.29) is 32.2 Å². The quantitative estimate of drug-likeness (QED) is 0.380. The highest BCUT2D eigenvalue weighted by Crippen LogP contribution is 2.14. The molecule has 2 unspecified atom stereocenters. The molecule has 0 bridgehead atoms. The van der Waals surface area contributed by atoms with E-state index < -0.39 is 12.2 Å². The summed E-state index contributed by atoms with van der Waals surface area (Å²) < 4.78 is 0. The average Bonchev–Trinajstić information content (AvgIpc) is 2.36. The van der Waals surface area contributed by atoms with Gasteiger partial charge in [0.25, 0.3) is 5.91 Å². The second-order valence-corrected chi connectivity index (χ2v) is 3.09. The zero-order valence-electron chi connectivity index (χ0n) is 7.83. The summed E-state index contributed by atoms with van der Waals surface area (Å²) in [5.41, 5.74) is 11.2. The molecule has 0 aromatic heterocycles. The van der Waals surface area contributed by atoms with Gasteiger partial charge < -0.3 is 21.7 Å². The van der Waals surface area contributed by atoms with E-state index >= 15 is 0 Å². The number of carbonyl (C=O) groups excluding carboxylic acids is 1. The number of aliphatic hydroxyl groups is 2. The number of aliphatic hydroxyl groups excluding tert-OH is 2. The van der Waals surface area contributed by atoms with Crippen molar-refractivity contribution < 1.29 is 15.0 Å². The molecule has 6 N–H and O–H groups in total. The molecule has 1 rings (SSSR count). The third-order valence-corrected chi connectivity index (χ3v) is 2.20. The number of rotatable bonds is 4. The minimum absolute atomic E-state index is 0.115. The van der Waals surface area contributed by atoms with Gasteiger partial charge in [-0.1, -0.05) is 0 Å². The monoisotopic (exact) mass is 204 g/mol. The summed E-state index contributed by atoms with van der Waals surface area (Å²) >= 11 is 0. The fraction of sp³-hybridized carbons (Fsp3) is 0.857. The van der Waals surface area contributed by atoms with Crippen molar-refractivity contribution in [3.63, 3.8) is 0 Å². The van der Waals surface area contributed by atoms with Crippen LogP contribution in [0, 0.1) is 0 Å². The molecule has 2 atom stereocenters. The molecule has 0 aliphatic carbocycles. The van der Waals surface area contributed by atoms with Crippen molar-refractivity contribution in [1.29, 1.82) is 0 Å². The van der Waals surface area contributed by atoms with Gasteiger partial charge in [-0.2, -0.15) is 5.01 Å². The van der Waals surface area contributed by atoms with Gasteiger partial charge in [0, 0.05) is 6.54 Å². The minimum atomic E-state index is -0.784. The van der Waals surface area contributed by atoms with Crippen molar-refractivity contribution in [3.8, 4) is 0 Å². The van der Waals surface area contributed by atoms with E-state index in [0.717, 1.165) is 0 Å². The first-order valence-electron chi connectivity index (χ1n) is 4.44. The standard InChI is InChI=1S/C7H16N4O3/c8-5-6(9)10(1-3-12)11(2-4-13)7(5)14/h5-6,12-13H,1-4,8-9H2. The van der Waals surface area contributed by atoms with E-state index in [2.05, 4.69) is 0 Å². The molecule has 1 fully saturated rings. The Balaban J connectivity index is 2.72. The number of nitrogens with zero attached hydrogens (tertiary/aromatic N) is 2. The number of hydrazine groups is 1. The van der Waals surface area contributed by atoms with E-state index in [1.807, 2.05) is 0 Å². The van der Waals surface area contributed by atoms with Gasteiger partial charge in [0.15, 0.2) is 0 Å². The van der Waals surface area contributed by atoms with Gasteiger partial charge in [0.05, 0.1) is 19.8 Å². The summed E-state index contributed by atoms with van der Waals surface area (Å²) in [6.45, 7) is 0.115. The van der Waals surface area contributed by atoms with Crippen molar-refractivity contribution in [2.45, 2.75) is 12.2 Å². The third kappa shape index (κ3) is 1.86. The van der Waals surface area contributed by atoms with Crippen LogP contribution in [0.25, 0.3) is 0 Å². The molecular formula is C7H16N4O3. The first-order chi connectivity index (χ1) is 6.63. The molecule has 0 aromatic carbocycles. The van der Waals surface area contributed by atoms with Gasteiger partial charge in [-0.05, 0) is 0 Å². The lowest BCUT2D eigenvalue weighted by atomic mass is 10.2. The van der Waals surface area contributed by atoms with Crippen LogP contribution in [0.15, 0.2) is 0 Å². The van der Waals surface area contributed by atoms with Crippen LogP contribution in [-0.2, 0) is 4.79 Å². The maximum absolute atomic E-state index is 11.5. The number of amides is 1. The average molecular weight is 204 g/mol. The fourth-order valence-corrected chi connectivity index (χ4v) is 1.50. The van der Waals surface area contributed by atoms with Gasteiger partial charge in [-0.25, -0.2) is 0 Å². The van der Waals surface area contributed by atoms with Crippen LogP contribution in [-0.4, -0.2) is 64.6 Å². The number of carbonyl (C=O) groups is 1. The van der Waals surface area contributed by atoms with Crippen LogP contribution < -0.4 is 11.5 Å². The summed E-state index contributed by atoms with van der Waals surface area (Å²) in [5.74, 6) is -0.319. The van der Waals surface area contributed by atoms with Gasteiger partial charge in [0.2, 0.25) is 0 Å². The van der Waals surface area contributed by atoms with Crippen LogP contribution in [0.2, 0.25) is 0 Å². The van der Waals surface area contributed by atoms with Gasteiger partial charge in [0.1, 0.15) is 12.2 Å². The summed E-state index contributed by atoms with van der Waals surface area (Å²) in [4.78, 5) is 11.5. The summed E-state index contributed by atoms with van der Waals surface area (Å²) in [5, 5.41) is 20.3. The largest absolute Gasteiger partial charge is 0.395 e. The molecule has 1 aliphatic rings. The lowest BCUT2D eigenvalue weighted by Gasteiger charge is -2.28. The van der Waals surface area contributed by atoms with E-state index in [1.54, 1.807) is 0 Å². The van der Waals surface area contributed by atoms with Crippen LogP contribution in [0.3, 0.4) is 0 Å². The van der Waals surface area contributed by atoms with Crippen LogP contribution in [0.5, 0.6) is 0 Å². The Morgan fingerprint density at radius 2 is 1.79 bits per heavy atom. The highest BCUT2D eigenvalue weighted by molar-refractivity contribution is 5.84. The molecule has 1 aliphatic heterocycles. The smallest absolute Gasteiger partial charge is 0.256 e. The number of nitrogens with two attached hydrogens (primary N) is 2. The van der Waals surface area contributed by atoms with Crippen molar-refractivity contribution >= 4 is 5.91 Å². The van der Waals surface area contributed by atoms with Crippen LogP contribution in [0.1, 0.15) is 0 Å². The zero-order chi connectivity index (χ0) is 10.7. The van der Waals surface area contributed by atoms with Crippen LogP contribution >= 0.6 is 0 Å². The minimum Gasteiger partial charge on any atom is -0.395 e. The predicted molar refractivity (Wildman–Crippen MR) is 48.5 cm³/mol. The normalized spacial score (nSPS) is 28.9. The van der Waals surface area contributed by atoms with E-state index in [4.69, 9.17) is 21.7 Å². The third-order valence-electron chi connectivity index (χ3n) is 2.20. The maximum Gasteiger partial charge on any atom is 0.256 e. The van der Waals surface area contributed by atoms with Crippen molar-refractivity contribution in [1.82, 2.24) is 10.0 Å². The Hall–Kier alpha value is -0.730. The first-order valence-corrected chi connectivity index (χ1v) is 4.44. The van der Waals surface area contributed by atoms with E-state index in [1.165, 1.54) is 10.0 Å². The molecule has 1 amide bonds. The predicted octanol–water partition coefficient (Wildman–Crippen LogP) is -3.36. The molecule has 14 heavy (non-hydrogen) atoms. The molecule has 0 spiro atoms. The molecule has 82 valence electrons. The Labute approximate surface area is 81.8 Å². The second-order valence-electron chi connectivity index (χ2n) is 3.09. The van der Waals surface area contributed by atoms with Gasteiger partial charge >= 0.3 is 0 Å². The van der Waals surface area contributed by atoms with E-state index in [0.29, 0.717) is 0 Å². The zero-order valence-corrected chi connectivity index (χ0v) is 7.83. The Kier molecular flexibility index (Phi) is 3.78.